The zero-order chi connectivity index (χ0) is 19.3. The van der Waals surface area contributed by atoms with Crippen molar-refractivity contribution in [3.05, 3.63) is 67.7 Å². The first kappa shape index (κ1) is 19.9. The van der Waals surface area contributed by atoms with Crippen molar-refractivity contribution >= 4 is 45.2 Å². The van der Waals surface area contributed by atoms with Gasteiger partial charge in [0.1, 0.15) is 0 Å². The SMILES string of the molecule is Cc1cc(SCC(=O)NNC(=O)c2ccc([N+](=O)[O-])cc2)c(C)cc1Br. The molecule has 7 nitrogen and oxygen atoms in total. The number of halogens is 1. The zero-order valence-electron chi connectivity index (χ0n) is 14.0. The highest BCUT2D eigenvalue weighted by Crippen LogP contribution is 2.28. The van der Waals surface area contributed by atoms with E-state index in [1.165, 1.54) is 36.0 Å². The van der Waals surface area contributed by atoms with Crippen LogP contribution in [0.3, 0.4) is 0 Å². The Balaban J connectivity index is 1.85. The summed E-state index contributed by atoms with van der Waals surface area (Å²) in [7, 11) is 0. The predicted octanol–water partition coefficient (Wildman–Crippen LogP) is 3.53. The van der Waals surface area contributed by atoms with Gasteiger partial charge in [0.15, 0.2) is 0 Å². The number of rotatable bonds is 5. The number of benzene rings is 2. The van der Waals surface area contributed by atoms with Crippen LogP contribution in [0.2, 0.25) is 0 Å². The molecule has 0 saturated carbocycles. The summed E-state index contributed by atoms with van der Waals surface area (Å²) in [6, 6.07) is 9.08. The Bertz CT molecular complexity index is 856. The maximum absolute atomic E-state index is 11.9. The summed E-state index contributed by atoms with van der Waals surface area (Å²) >= 11 is 4.83. The van der Waals surface area contributed by atoms with E-state index < -0.39 is 10.8 Å². The first-order valence-electron chi connectivity index (χ1n) is 7.51. The molecule has 0 aliphatic heterocycles. The molecule has 0 saturated heterocycles. The van der Waals surface area contributed by atoms with Gasteiger partial charge in [0.05, 0.1) is 10.7 Å². The minimum atomic E-state index is -0.549. The molecule has 2 aromatic carbocycles. The summed E-state index contributed by atoms with van der Waals surface area (Å²) in [6.45, 7) is 3.93. The van der Waals surface area contributed by atoms with E-state index in [1.807, 2.05) is 26.0 Å². The Labute approximate surface area is 162 Å². The lowest BCUT2D eigenvalue weighted by Crippen LogP contribution is -2.42. The highest BCUT2D eigenvalue weighted by Gasteiger charge is 2.11. The number of aryl methyl sites for hydroxylation is 2. The summed E-state index contributed by atoms with van der Waals surface area (Å²) in [6.07, 6.45) is 0. The Hall–Kier alpha value is -2.39. The van der Waals surface area contributed by atoms with Crippen LogP contribution in [0.15, 0.2) is 45.8 Å². The van der Waals surface area contributed by atoms with Gasteiger partial charge in [-0.15, -0.1) is 11.8 Å². The summed E-state index contributed by atoms with van der Waals surface area (Å²) in [5, 5.41) is 10.6. The Morgan fingerprint density at radius 1 is 1.12 bits per heavy atom. The van der Waals surface area contributed by atoms with E-state index >= 15 is 0 Å². The largest absolute Gasteiger partial charge is 0.272 e. The number of hydrazine groups is 1. The third-order valence-corrected chi connectivity index (χ3v) is 5.48. The van der Waals surface area contributed by atoms with Crippen LogP contribution in [-0.2, 0) is 4.79 Å². The van der Waals surface area contributed by atoms with Gasteiger partial charge in [-0.25, -0.2) is 0 Å². The van der Waals surface area contributed by atoms with Crippen LogP contribution in [0.25, 0.3) is 0 Å². The Morgan fingerprint density at radius 3 is 2.38 bits per heavy atom. The van der Waals surface area contributed by atoms with Crippen LogP contribution < -0.4 is 10.9 Å². The van der Waals surface area contributed by atoms with Crippen molar-refractivity contribution in [2.24, 2.45) is 0 Å². The van der Waals surface area contributed by atoms with Gasteiger partial charge in [0, 0.05) is 27.1 Å². The van der Waals surface area contributed by atoms with E-state index in [9.17, 15) is 19.7 Å². The standard InChI is InChI=1S/C17H16BrN3O4S/c1-10-8-15(11(2)7-14(10)18)26-9-16(22)19-20-17(23)12-3-5-13(6-4-12)21(24)25/h3-8H,9H2,1-2H3,(H,19,22)(H,20,23). The number of carbonyl (C=O) groups excluding carboxylic acids is 2. The lowest BCUT2D eigenvalue weighted by atomic mass is 10.2. The Kier molecular flexibility index (Phi) is 6.76. The molecule has 2 rings (SSSR count). The molecule has 0 heterocycles. The third-order valence-electron chi connectivity index (χ3n) is 3.47. The highest BCUT2D eigenvalue weighted by molar-refractivity contribution is 9.10. The topological polar surface area (TPSA) is 101 Å². The number of hydrogen-bond donors (Lipinski definition) is 2. The van der Waals surface area contributed by atoms with E-state index in [-0.39, 0.29) is 22.9 Å². The number of hydrogen-bond acceptors (Lipinski definition) is 5. The lowest BCUT2D eigenvalue weighted by Gasteiger charge is -2.10. The van der Waals surface area contributed by atoms with Gasteiger partial charge in [-0.2, -0.15) is 0 Å². The van der Waals surface area contributed by atoms with E-state index in [4.69, 9.17) is 0 Å². The van der Waals surface area contributed by atoms with Crippen LogP contribution >= 0.6 is 27.7 Å². The third kappa shape index (κ3) is 5.30. The number of thioether (sulfide) groups is 1. The maximum Gasteiger partial charge on any atom is 0.269 e. The summed E-state index contributed by atoms with van der Waals surface area (Å²) in [5.74, 6) is -0.762. The molecule has 0 aliphatic rings. The highest BCUT2D eigenvalue weighted by atomic mass is 79.9. The summed E-state index contributed by atoms with van der Waals surface area (Å²) < 4.78 is 1.01. The van der Waals surface area contributed by atoms with Crippen LogP contribution in [0.1, 0.15) is 21.5 Å². The maximum atomic E-state index is 11.9. The number of nitrogens with zero attached hydrogens (tertiary/aromatic N) is 1. The number of carbonyl (C=O) groups is 2. The van der Waals surface area contributed by atoms with Crippen LogP contribution in [0, 0.1) is 24.0 Å². The summed E-state index contributed by atoms with van der Waals surface area (Å²) in [5.41, 5.74) is 6.85. The molecular formula is C17H16BrN3O4S. The first-order chi connectivity index (χ1) is 12.3. The predicted molar refractivity (Wildman–Crippen MR) is 103 cm³/mol. The van der Waals surface area contributed by atoms with Gasteiger partial charge in [0.25, 0.3) is 11.6 Å². The molecule has 0 aromatic heterocycles. The van der Waals surface area contributed by atoms with Crippen molar-refractivity contribution in [3.63, 3.8) is 0 Å². The van der Waals surface area contributed by atoms with Gasteiger partial charge < -0.3 is 0 Å². The molecule has 2 amide bonds. The van der Waals surface area contributed by atoms with Crippen LogP contribution in [0.4, 0.5) is 5.69 Å². The number of amides is 2. The molecule has 0 aliphatic carbocycles. The smallest absolute Gasteiger partial charge is 0.269 e. The monoisotopic (exact) mass is 437 g/mol. The quantitative estimate of drug-likeness (QED) is 0.423. The average molecular weight is 438 g/mol. The molecule has 136 valence electrons. The molecule has 9 heteroatoms. The zero-order valence-corrected chi connectivity index (χ0v) is 16.4. The normalized spacial score (nSPS) is 10.3. The molecule has 0 spiro atoms. The van der Waals surface area contributed by atoms with Gasteiger partial charge in [-0.3, -0.25) is 30.6 Å². The second kappa shape index (κ2) is 8.81. The van der Waals surface area contributed by atoms with Gasteiger partial charge in [0.2, 0.25) is 5.91 Å². The fraction of sp³-hybridized carbons (Fsp3) is 0.176. The van der Waals surface area contributed by atoms with Crippen molar-refractivity contribution in [1.29, 1.82) is 0 Å². The lowest BCUT2D eigenvalue weighted by molar-refractivity contribution is -0.384. The van der Waals surface area contributed by atoms with Crippen molar-refractivity contribution in [2.45, 2.75) is 18.7 Å². The van der Waals surface area contributed by atoms with E-state index in [2.05, 4.69) is 26.8 Å². The minimum absolute atomic E-state index is 0.109. The Morgan fingerprint density at radius 2 is 1.77 bits per heavy atom. The molecule has 0 fully saturated rings. The first-order valence-corrected chi connectivity index (χ1v) is 9.29. The summed E-state index contributed by atoms with van der Waals surface area (Å²) in [4.78, 5) is 34.9. The molecular weight excluding hydrogens is 422 g/mol. The second-order valence-corrected chi connectivity index (χ2v) is 7.33. The average Bonchev–Trinajstić information content (AvgIpc) is 2.61. The molecule has 0 atom stereocenters. The van der Waals surface area contributed by atoms with Crippen molar-refractivity contribution < 1.29 is 14.5 Å². The van der Waals surface area contributed by atoms with Gasteiger partial charge in [-0.1, -0.05) is 15.9 Å². The van der Waals surface area contributed by atoms with Crippen molar-refractivity contribution in [1.82, 2.24) is 10.9 Å². The fourth-order valence-electron chi connectivity index (χ4n) is 2.02. The minimum Gasteiger partial charge on any atom is -0.272 e. The number of non-ortho nitro benzene ring substituents is 1. The van der Waals surface area contributed by atoms with Crippen molar-refractivity contribution in [3.8, 4) is 0 Å². The second-order valence-electron chi connectivity index (χ2n) is 5.46. The van der Waals surface area contributed by atoms with Crippen molar-refractivity contribution in [2.75, 3.05) is 5.75 Å². The molecule has 26 heavy (non-hydrogen) atoms. The molecule has 2 N–H and O–H groups in total. The van der Waals surface area contributed by atoms with Crippen LogP contribution in [0.5, 0.6) is 0 Å². The van der Waals surface area contributed by atoms with E-state index in [0.29, 0.717) is 0 Å². The van der Waals surface area contributed by atoms with E-state index in [1.54, 1.807) is 0 Å². The number of nitrogens with one attached hydrogen (secondary N) is 2. The molecule has 2 aromatic rings. The van der Waals surface area contributed by atoms with Crippen LogP contribution in [-0.4, -0.2) is 22.5 Å². The molecule has 0 radical (unpaired) electrons. The molecule has 0 bridgehead atoms. The van der Waals surface area contributed by atoms with Gasteiger partial charge >= 0.3 is 0 Å². The molecule has 0 unspecified atom stereocenters. The number of nitro benzene ring substituents is 1. The van der Waals surface area contributed by atoms with E-state index in [0.717, 1.165) is 20.5 Å². The number of nitro groups is 1. The van der Waals surface area contributed by atoms with Gasteiger partial charge in [-0.05, 0) is 49.2 Å². The fourth-order valence-corrected chi connectivity index (χ4v) is 3.39.